The molecule has 1 aliphatic heterocycles. The van der Waals surface area contributed by atoms with Crippen molar-refractivity contribution in [1.82, 2.24) is 24.6 Å². The summed E-state index contributed by atoms with van der Waals surface area (Å²) >= 11 is 0. The molecule has 5 heterocycles. The molecule has 28 heavy (non-hydrogen) atoms. The third-order valence-electron chi connectivity index (χ3n) is 5.20. The van der Waals surface area contributed by atoms with Crippen LogP contribution in [0.2, 0.25) is 0 Å². The van der Waals surface area contributed by atoms with Crippen molar-refractivity contribution < 1.29 is 8.81 Å². The predicted octanol–water partition coefficient (Wildman–Crippen LogP) is 3.49. The summed E-state index contributed by atoms with van der Waals surface area (Å²) in [5.74, 6) is -0.312. The molecule has 138 valence electrons. The quantitative estimate of drug-likeness (QED) is 0.512. The molecule has 1 aromatic carbocycles. The molecule has 7 nitrogen and oxygen atoms in total. The number of benzene rings is 1. The Labute approximate surface area is 158 Å². The van der Waals surface area contributed by atoms with Crippen LogP contribution in [0.5, 0.6) is 0 Å². The number of oxazole rings is 1. The van der Waals surface area contributed by atoms with E-state index in [1.807, 2.05) is 29.2 Å². The van der Waals surface area contributed by atoms with E-state index in [9.17, 15) is 4.39 Å². The van der Waals surface area contributed by atoms with Crippen LogP contribution in [0.1, 0.15) is 23.1 Å². The van der Waals surface area contributed by atoms with Crippen LogP contribution in [0.3, 0.4) is 0 Å². The van der Waals surface area contributed by atoms with Gasteiger partial charge in [-0.05, 0) is 30.3 Å². The molecular weight excluding hydrogens is 359 g/mol. The summed E-state index contributed by atoms with van der Waals surface area (Å²) in [5.41, 5.74) is 4.56. The SMILES string of the molecule is Fc1cccn2nc(C3c4nc[nH]c4CCN3c3nc4ccccc4o3)cc12. The Morgan fingerprint density at radius 3 is 3.00 bits per heavy atom. The smallest absolute Gasteiger partial charge is 0.299 e. The van der Waals surface area contributed by atoms with Crippen LogP contribution < -0.4 is 4.90 Å². The Kier molecular flexibility index (Phi) is 3.11. The number of pyridine rings is 1. The first-order valence-corrected chi connectivity index (χ1v) is 9.06. The van der Waals surface area contributed by atoms with Gasteiger partial charge in [0, 0.05) is 24.9 Å². The van der Waals surface area contributed by atoms with Gasteiger partial charge < -0.3 is 14.3 Å². The molecule has 8 heteroatoms. The van der Waals surface area contributed by atoms with Crippen LogP contribution in [-0.4, -0.2) is 31.1 Å². The van der Waals surface area contributed by atoms with E-state index < -0.39 is 0 Å². The lowest BCUT2D eigenvalue weighted by atomic mass is 10.0. The lowest BCUT2D eigenvalue weighted by Gasteiger charge is -2.32. The average molecular weight is 374 g/mol. The minimum atomic E-state index is -0.317. The maximum atomic E-state index is 14.2. The van der Waals surface area contributed by atoms with Gasteiger partial charge in [-0.2, -0.15) is 10.1 Å². The zero-order valence-electron chi connectivity index (χ0n) is 14.7. The number of H-pyrrole nitrogens is 1. The summed E-state index contributed by atoms with van der Waals surface area (Å²) < 4.78 is 21.8. The Hall–Kier alpha value is -3.68. The van der Waals surface area contributed by atoms with Gasteiger partial charge in [-0.1, -0.05) is 12.1 Å². The number of aromatic amines is 1. The molecule has 6 rings (SSSR count). The van der Waals surface area contributed by atoms with Crippen LogP contribution in [-0.2, 0) is 6.42 Å². The molecule has 1 N–H and O–H groups in total. The lowest BCUT2D eigenvalue weighted by molar-refractivity contribution is 0.517. The maximum absolute atomic E-state index is 14.2. The standard InChI is InChI=1S/C20H15FN6O/c21-12-4-3-8-27-16(12)10-15(25-27)19-18-14(22-11-23-18)7-9-26(19)20-24-13-5-1-2-6-17(13)28-20/h1-6,8,10-11,19H,7,9H2,(H,22,23). The predicted molar refractivity (Wildman–Crippen MR) is 101 cm³/mol. The van der Waals surface area contributed by atoms with Gasteiger partial charge in [-0.3, -0.25) is 0 Å². The van der Waals surface area contributed by atoms with Crippen molar-refractivity contribution >= 4 is 22.6 Å². The second-order valence-electron chi connectivity index (χ2n) is 6.83. The van der Waals surface area contributed by atoms with Crippen molar-refractivity contribution in [3.63, 3.8) is 0 Å². The van der Waals surface area contributed by atoms with Crippen molar-refractivity contribution in [2.45, 2.75) is 12.5 Å². The summed E-state index contributed by atoms with van der Waals surface area (Å²) in [6.07, 6.45) is 4.20. The molecule has 0 aliphatic carbocycles. The lowest BCUT2D eigenvalue weighted by Crippen LogP contribution is -2.36. The molecule has 0 spiro atoms. The Bertz CT molecular complexity index is 1290. The van der Waals surface area contributed by atoms with Crippen molar-refractivity contribution in [3.8, 4) is 0 Å². The highest BCUT2D eigenvalue weighted by atomic mass is 19.1. The molecule has 0 radical (unpaired) electrons. The number of aromatic nitrogens is 5. The van der Waals surface area contributed by atoms with Gasteiger partial charge >= 0.3 is 0 Å². The zero-order chi connectivity index (χ0) is 18.7. The maximum Gasteiger partial charge on any atom is 0.299 e. The van der Waals surface area contributed by atoms with E-state index >= 15 is 0 Å². The Balaban J connectivity index is 1.54. The van der Waals surface area contributed by atoms with Gasteiger partial charge in [0.2, 0.25) is 0 Å². The highest BCUT2D eigenvalue weighted by molar-refractivity contribution is 5.74. The minimum absolute atomic E-state index is 0.312. The number of para-hydroxylation sites is 2. The molecule has 4 aromatic heterocycles. The van der Waals surface area contributed by atoms with E-state index in [0.717, 1.165) is 28.9 Å². The van der Waals surface area contributed by atoms with E-state index in [2.05, 4.69) is 20.1 Å². The van der Waals surface area contributed by atoms with Gasteiger partial charge in [0.05, 0.1) is 17.7 Å². The highest BCUT2D eigenvalue weighted by Gasteiger charge is 2.35. The molecule has 1 aliphatic rings. The molecule has 1 atom stereocenters. The number of anilines is 1. The average Bonchev–Trinajstić information content (AvgIpc) is 3.44. The fourth-order valence-electron chi connectivity index (χ4n) is 3.90. The van der Waals surface area contributed by atoms with Crippen molar-refractivity contribution in [1.29, 1.82) is 0 Å². The number of nitrogens with zero attached hydrogens (tertiary/aromatic N) is 5. The first-order valence-electron chi connectivity index (χ1n) is 9.06. The van der Waals surface area contributed by atoms with Crippen LogP contribution in [0.15, 0.2) is 59.4 Å². The largest absolute Gasteiger partial charge is 0.423 e. The monoisotopic (exact) mass is 374 g/mol. The van der Waals surface area contributed by atoms with Crippen LogP contribution in [0.25, 0.3) is 16.6 Å². The number of hydrogen-bond donors (Lipinski definition) is 1. The van der Waals surface area contributed by atoms with Crippen LogP contribution >= 0.6 is 0 Å². The Morgan fingerprint density at radius 2 is 2.11 bits per heavy atom. The highest BCUT2D eigenvalue weighted by Crippen LogP contribution is 2.37. The molecule has 5 aromatic rings. The summed E-state index contributed by atoms with van der Waals surface area (Å²) in [6.45, 7) is 0.684. The fraction of sp³-hybridized carbons (Fsp3) is 0.150. The van der Waals surface area contributed by atoms with Crippen molar-refractivity contribution in [2.24, 2.45) is 0 Å². The number of rotatable bonds is 2. The summed E-state index contributed by atoms with van der Waals surface area (Å²) in [5, 5.41) is 4.62. The molecule has 0 fully saturated rings. The molecule has 0 bridgehead atoms. The molecule has 0 amide bonds. The zero-order valence-corrected chi connectivity index (χ0v) is 14.7. The van der Waals surface area contributed by atoms with Gasteiger partial charge in [0.25, 0.3) is 6.01 Å². The third kappa shape index (κ3) is 2.17. The normalized spacial score (nSPS) is 16.8. The molecule has 0 saturated carbocycles. The number of fused-ring (bicyclic) bond motifs is 3. The topological polar surface area (TPSA) is 75.2 Å². The van der Waals surface area contributed by atoms with Crippen LogP contribution in [0, 0.1) is 5.82 Å². The third-order valence-corrected chi connectivity index (χ3v) is 5.20. The Morgan fingerprint density at radius 1 is 1.18 bits per heavy atom. The summed E-state index contributed by atoms with van der Waals surface area (Å²) in [7, 11) is 0. The van der Waals surface area contributed by atoms with E-state index in [4.69, 9.17) is 4.42 Å². The first-order chi connectivity index (χ1) is 13.8. The van der Waals surface area contributed by atoms with Gasteiger partial charge in [-0.25, -0.2) is 13.9 Å². The first kappa shape index (κ1) is 15.4. The van der Waals surface area contributed by atoms with Gasteiger partial charge in [-0.15, -0.1) is 0 Å². The van der Waals surface area contributed by atoms with Gasteiger partial charge in [0.1, 0.15) is 22.9 Å². The second kappa shape index (κ2) is 5.66. The number of nitrogens with one attached hydrogen (secondary N) is 1. The van der Waals surface area contributed by atoms with Gasteiger partial charge in [0.15, 0.2) is 5.58 Å². The molecular formula is C20H15FN6O. The van der Waals surface area contributed by atoms with Crippen molar-refractivity contribution in [2.75, 3.05) is 11.4 Å². The molecule has 1 unspecified atom stereocenters. The van der Waals surface area contributed by atoms with E-state index in [-0.39, 0.29) is 11.9 Å². The van der Waals surface area contributed by atoms with Crippen LogP contribution in [0.4, 0.5) is 10.4 Å². The fourth-order valence-corrected chi connectivity index (χ4v) is 3.90. The molecule has 0 saturated heterocycles. The summed E-state index contributed by atoms with van der Waals surface area (Å²) in [6, 6.07) is 12.7. The van der Waals surface area contributed by atoms with Crippen molar-refractivity contribution in [3.05, 3.63) is 77.9 Å². The number of halogens is 1. The number of imidazole rings is 1. The van der Waals surface area contributed by atoms with E-state index in [0.29, 0.717) is 23.8 Å². The van der Waals surface area contributed by atoms with E-state index in [1.54, 1.807) is 29.2 Å². The second-order valence-corrected chi connectivity index (χ2v) is 6.83. The van der Waals surface area contributed by atoms with E-state index in [1.165, 1.54) is 6.07 Å². The minimum Gasteiger partial charge on any atom is -0.423 e. The number of hydrogen-bond acceptors (Lipinski definition) is 5. The summed E-state index contributed by atoms with van der Waals surface area (Å²) in [4.78, 5) is 14.4.